The van der Waals surface area contributed by atoms with Crippen molar-refractivity contribution in [1.82, 2.24) is 10.3 Å². The maximum atomic E-state index is 11.4. The quantitative estimate of drug-likeness (QED) is 0.571. The monoisotopic (exact) mass is 307 g/mol. The van der Waals surface area contributed by atoms with E-state index in [0.29, 0.717) is 18.3 Å². The van der Waals surface area contributed by atoms with Crippen LogP contribution < -0.4 is 10.6 Å². The van der Waals surface area contributed by atoms with Crippen molar-refractivity contribution < 1.29 is 19.1 Å². The van der Waals surface area contributed by atoms with Crippen LogP contribution in [-0.2, 0) is 14.3 Å². The van der Waals surface area contributed by atoms with Gasteiger partial charge in [-0.3, -0.25) is 4.79 Å². The van der Waals surface area contributed by atoms with Crippen molar-refractivity contribution in [3.05, 3.63) is 10.0 Å². The Morgan fingerprint density at radius 1 is 1.42 bits per heavy atom. The number of nitrogens with one attached hydrogen (secondary N) is 2. The molecular formula is C10H14ClN3O4S. The number of rotatable bonds is 7. The van der Waals surface area contributed by atoms with Crippen LogP contribution in [0.25, 0.3) is 0 Å². The summed E-state index contributed by atoms with van der Waals surface area (Å²) in [4.78, 5) is 26.8. The molecule has 0 saturated heterocycles. The van der Waals surface area contributed by atoms with Gasteiger partial charge in [0.15, 0.2) is 15.2 Å². The van der Waals surface area contributed by atoms with E-state index in [2.05, 4.69) is 20.4 Å². The first-order chi connectivity index (χ1) is 9.08. The molecule has 0 atom stereocenters. The topological polar surface area (TPSA) is 89.5 Å². The molecule has 0 bridgehead atoms. The maximum Gasteiger partial charge on any atom is 0.351 e. The number of anilines is 1. The Morgan fingerprint density at radius 3 is 2.79 bits per heavy atom. The largest absolute Gasteiger partial charge is 0.465 e. The van der Waals surface area contributed by atoms with Crippen LogP contribution >= 0.6 is 22.9 Å². The summed E-state index contributed by atoms with van der Waals surface area (Å²) >= 11 is 6.81. The van der Waals surface area contributed by atoms with Gasteiger partial charge in [-0.15, -0.1) is 0 Å². The van der Waals surface area contributed by atoms with Gasteiger partial charge in [0.25, 0.3) is 0 Å². The fourth-order valence-corrected chi connectivity index (χ4v) is 2.21. The zero-order valence-corrected chi connectivity index (χ0v) is 12.1. The number of aromatic nitrogens is 1. The van der Waals surface area contributed by atoms with E-state index >= 15 is 0 Å². The van der Waals surface area contributed by atoms with E-state index < -0.39 is 5.97 Å². The van der Waals surface area contributed by atoms with Crippen LogP contribution in [0.15, 0.2) is 0 Å². The van der Waals surface area contributed by atoms with Gasteiger partial charge in [-0.25, -0.2) is 9.78 Å². The Balaban J connectivity index is 2.45. The van der Waals surface area contributed by atoms with Crippen molar-refractivity contribution in [2.45, 2.75) is 0 Å². The molecule has 7 nitrogen and oxygen atoms in total. The highest BCUT2D eigenvalue weighted by Crippen LogP contribution is 2.27. The van der Waals surface area contributed by atoms with Crippen molar-refractivity contribution in [1.29, 1.82) is 0 Å². The van der Waals surface area contributed by atoms with Crippen LogP contribution in [0.5, 0.6) is 0 Å². The number of carbonyl (C=O) groups is 2. The van der Waals surface area contributed by atoms with Crippen LogP contribution in [0.1, 0.15) is 9.67 Å². The first kappa shape index (κ1) is 15.7. The molecule has 0 spiro atoms. The fourth-order valence-electron chi connectivity index (χ4n) is 1.11. The van der Waals surface area contributed by atoms with Gasteiger partial charge in [0.2, 0.25) is 5.91 Å². The number of methoxy groups -OCH3 is 2. The molecule has 2 N–H and O–H groups in total. The minimum absolute atomic E-state index is 0.0359. The zero-order chi connectivity index (χ0) is 14.3. The van der Waals surface area contributed by atoms with E-state index in [0.717, 1.165) is 11.3 Å². The van der Waals surface area contributed by atoms with Gasteiger partial charge >= 0.3 is 5.97 Å². The third kappa shape index (κ3) is 5.01. The second-order valence-electron chi connectivity index (χ2n) is 3.33. The van der Waals surface area contributed by atoms with Gasteiger partial charge in [-0.1, -0.05) is 22.9 Å². The Bertz CT molecular complexity index is 452. The Hall–Kier alpha value is -1.38. The summed E-state index contributed by atoms with van der Waals surface area (Å²) in [5, 5.41) is 5.85. The highest BCUT2D eigenvalue weighted by Gasteiger charge is 2.17. The van der Waals surface area contributed by atoms with E-state index in [-0.39, 0.29) is 22.5 Å². The molecule has 19 heavy (non-hydrogen) atoms. The number of ether oxygens (including phenoxy) is 2. The molecule has 0 aromatic carbocycles. The van der Waals surface area contributed by atoms with Crippen LogP contribution in [0.3, 0.4) is 0 Å². The van der Waals surface area contributed by atoms with Crippen molar-refractivity contribution in [3.63, 3.8) is 0 Å². The van der Waals surface area contributed by atoms with Crippen molar-refractivity contribution >= 4 is 39.9 Å². The molecule has 1 aromatic heterocycles. The first-order valence-electron chi connectivity index (χ1n) is 5.32. The fraction of sp³-hybridized carbons (Fsp3) is 0.500. The summed E-state index contributed by atoms with van der Waals surface area (Å²) in [6, 6.07) is 0. The number of halogens is 1. The Labute approximate surface area is 119 Å². The van der Waals surface area contributed by atoms with Crippen molar-refractivity contribution in [2.24, 2.45) is 0 Å². The van der Waals surface area contributed by atoms with Crippen LogP contribution in [0.2, 0.25) is 5.15 Å². The minimum atomic E-state index is -0.555. The van der Waals surface area contributed by atoms with Gasteiger partial charge in [-0.2, -0.15) is 0 Å². The lowest BCUT2D eigenvalue weighted by Crippen LogP contribution is -2.32. The van der Waals surface area contributed by atoms with Crippen LogP contribution in [0, 0.1) is 0 Å². The molecule has 0 saturated carbocycles. The molecule has 0 aliphatic heterocycles. The van der Waals surface area contributed by atoms with E-state index in [1.165, 1.54) is 7.11 Å². The molecule has 9 heteroatoms. The van der Waals surface area contributed by atoms with Crippen molar-refractivity contribution in [2.75, 3.05) is 39.2 Å². The molecule has 0 aliphatic rings. The lowest BCUT2D eigenvalue weighted by Gasteiger charge is -2.04. The molecule has 1 rings (SSSR count). The minimum Gasteiger partial charge on any atom is -0.465 e. The number of hydrogen-bond acceptors (Lipinski definition) is 7. The van der Waals surface area contributed by atoms with Gasteiger partial charge < -0.3 is 20.1 Å². The predicted molar refractivity (Wildman–Crippen MR) is 71.8 cm³/mol. The second-order valence-corrected chi connectivity index (χ2v) is 4.68. The summed E-state index contributed by atoms with van der Waals surface area (Å²) in [7, 11) is 2.81. The van der Waals surface area contributed by atoms with E-state index in [1.807, 2.05) is 0 Å². The maximum absolute atomic E-state index is 11.4. The van der Waals surface area contributed by atoms with Crippen molar-refractivity contribution in [3.8, 4) is 0 Å². The first-order valence-corrected chi connectivity index (χ1v) is 6.52. The summed E-state index contributed by atoms with van der Waals surface area (Å²) in [6.45, 7) is 0.915. The van der Waals surface area contributed by atoms with Gasteiger partial charge in [0.05, 0.1) is 20.3 Å². The van der Waals surface area contributed by atoms with E-state index in [9.17, 15) is 9.59 Å². The van der Waals surface area contributed by atoms with E-state index in [1.54, 1.807) is 7.11 Å². The lowest BCUT2D eigenvalue weighted by atomic mass is 10.5. The molecule has 1 heterocycles. The third-order valence-electron chi connectivity index (χ3n) is 1.99. The molecule has 0 unspecified atom stereocenters. The molecule has 1 amide bonds. The molecule has 0 radical (unpaired) electrons. The highest BCUT2D eigenvalue weighted by atomic mass is 35.5. The summed E-state index contributed by atoms with van der Waals surface area (Å²) in [5.74, 6) is -0.761. The normalized spacial score (nSPS) is 10.1. The average molecular weight is 308 g/mol. The summed E-state index contributed by atoms with van der Waals surface area (Å²) < 4.78 is 9.35. The Morgan fingerprint density at radius 2 is 2.16 bits per heavy atom. The zero-order valence-electron chi connectivity index (χ0n) is 10.5. The third-order valence-corrected chi connectivity index (χ3v) is 3.36. The van der Waals surface area contributed by atoms with E-state index in [4.69, 9.17) is 16.3 Å². The SMILES string of the molecule is COCCNC(=O)CNc1nc(Cl)c(C(=O)OC)s1. The molecule has 1 aromatic rings. The second kappa shape index (κ2) is 7.93. The standard InChI is InChI=1S/C10H14ClN3O4S/c1-17-4-3-12-6(15)5-13-10-14-8(11)7(19-10)9(16)18-2/h3-5H2,1-2H3,(H,12,15)(H,13,14). The lowest BCUT2D eigenvalue weighted by molar-refractivity contribution is -0.119. The number of nitrogens with zero attached hydrogens (tertiary/aromatic N) is 1. The highest BCUT2D eigenvalue weighted by molar-refractivity contribution is 7.18. The number of carbonyl (C=O) groups excluding carboxylic acids is 2. The van der Waals surface area contributed by atoms with Gasteiger partial charge in [0, 0.05) is 13.7 Å². The van der Waals surface area contributed by atoms with Gasteiger partial charge in [-0.05, 0) is 0 Å². The van der Waals surface area contributed by atoms with Gasteiger partial charge in [0.1, 0.15) is 0 Å². The summed E-state index contributed by atoms with van der Waals surface area (Å²) in [5.41, 5.74) is 0. The smallest absolute Gasteiger partial charge is 0.351 e. The summed E-state index contributed by atoms with van der Waals surface area (Å²) in [6.07, 6.45) is 0. The molecule has 106 valence electrons. The number of thiazole rings is 1. The number of hydrogen-bond donors (Lipinski definition) is 2. The number of amides is 1. The van der Waals surface area contributed by atoms with Crippen LogP contribution in [-0.4, -0.2) is 50.8 Å². The van der Waals surface area contributed by atoms with Crippen LogP contribution in [0.4, 0.5) is 5.13 Å². The molecule has 0 aliphatic carbocycles. The predicted octanol–water partition coefficient (Wildman–Crippen LogP) is 0.758. The Kier molecular flexibility index (Phi) is 6.54. The molecular weight excluding hydrogens is 294 g/mol. The average Bonchev–Trinajstić information content (AvgIpc) is 2.77. The molecule has 0 fully saturated rings. The number of esters is 1.